The summed E-state index contributed by atoms with van der Waals surface area (Å²) in [5.41, 5.74) is 0.709. The van der Waals surface area contributed by atoms with Gasteiger partial charge in [0.25, 0.3) is 5.91 Å². The van der Waals surface area contributed by atoms with E-state index in [0.29, 0.717) is 37.6 Å². The molecule has 0 bridgehead atoms. The van der Waals surface area contributed by atoms with Crippen molar-refractivity contribution in [2.24, 2.45) is 5.92 Å². The fourth-order valence-electron chi connectivity index (χ4n) is 2.99. The highest BCUT2D eigenvalue weighted by Crippen LogP contribution is 2.29. The van der Waals surface area contributed by atoms with Crippen molar-refractivity contribution < 1.29 is 18.7 Å². The average molecular weight is 429 g/mol. The minimum atomic E-state index is -0.478. The molecule has 152 valence electrons. The summed E-state index contributed by atoms with van der Waals surface area (Å²) in [7, 11) is 0. The first-order valence-electron chi connectivity index (χ1n) is 8.85. The number of ether oxygens (including phenoxy) is 2. The van der Waals surface area contributed by atoms with E-state index in [0.717, 1.165) is 0 Å². The van der Waals surface area contributed by atoms with E-state index < -0.39 is 5.82 Å². The van der Waals surface area contributed by atoms with Gasteiger partial charge < -0.3 is 20.1 Å². The summed E-state index contributed by atoms with van der Waals surface area (Å²) in [6.45, 7) is 2.18. The molecule has 2 N–H and O–H groups in total. The number of nitrogens with one attached hydrogen (secondary N) is 2. The number of para-hydroxylation sites is 1. The van der Waals surface area contributed by atoms with Crippen molar-refractivity contribution in [3.05, 3.63) is 64.9 Å². The van der Waals surface area contributed by atoms with Crippen molar-refractivity contribution in [2.75, 3.05) is 32.8 Å². The fourth-order valence-corrected chi connectivity index (χ4v) is 3.10. The van der Waals surface area contributed by atoms with Crippen molar-refractivity contribution >= 4 is 29.9 Å². The summed E-state index contributed by atoms with van der Waals surface area (Å²) < 4.78 is 25.2. The zero-order valence-electron chi connectivity index (χ0n) is 15.2. The topological polar surface area (TPSA) is 59.6 Å². The van der Waals surface area contributed by atoms with Gasteiger partial charge in [-0.05, 0) is 29.8 Å². The van der Waals surface area contributed by atoms with Crippen molar-refractivity contribution in [1.29, 1.82) is 0 Å². The first-order chi connectivity index (χ1) is 13.1. The molecule has 0 aromatic heterocycles. The summed E-state index contributed by atoms with van der Waals surface area (Å²) in [6, 6.07) is 13.8. The number of benzene rings is 2. The van der Waals surface area contributed by atoms with Gasteiger partial charge in [0.05, 0.1) is 17.7 Å². The first-order valence-corrected chi connectivity index (χ1v) is 9.23. The van der Waals surface area contributed by atoms with Crippen molar-refractivity contribution in [2.45, 2.75) is 6.10 Å². The largest absolute Gasteiger partial charge is 0.484 e. The van der Waals surface area contributed by atoms with Crippen LogP contribution in [0.5, 0.6) is 5.75 Å². The molecule has 1 aliphatic rings. The van der Waals surface area contributed by atoms with Crippen LogP contribution < -0.4 is 15.4 Å². The van der Waals surface area contributed by atoms with Gasteiger partial charge in [-0.2, -0.15) is 0 Å². The van der Waals surface area contributed by atoms with Crippen LogP contribution in [0.25, 0.3) is 0 Å². The highest BCUT2D eigenvalue weighted by Gasteiger charge is 2.27. The minimum absolute atomic E-state index is 0. The van der Waals surface area contributed by atoms with Crippen LogP contribution in [0, 0.1) is 11.7 Å². The predicted molar refractivity (Wildman–Crippen MR) is 109 cm³/mol. The van der Waals surface area contributed by atoms with Gasteiger partial charge >= 0.3 is 0 Å². The third-order valence-corrected chi connectivity index (χ3v) is 4.66. The third kappa shape index (κ3) is 6.34. The van der Waals surface area contributed by atoms with Gasteiger partial charge in [0.2, 0.25) is 0 Å². The molecule has 8 heteroatoms. The Labute approximate surface area is 175 Å². The van der Waals surface area contributed by atoms with E-state index >= 15 is 0 Å². The van der Waals surface area contributed by atoms with E-state index in [1.165, 1.54) is 12.1 Å². The average Bonchev–Trinajstić information content (AvgIpc) is 2.93. The predicted octanol–water partition coefficient (Wildman–Crippen LogP) is 3.37. The normalized spacial score (nSPS) is 19.2. The molecule has 1 saturated heterocycles. The molecule has 0 saturated carbocycles. The van der Waals surface area contributed by atoms with Crippen LogP contribution in [-0.2, 0) is 9.53 Å². The summed E-state index contributed by atoms with van der Waals surface area (Å²) in [5.74, 6) is -0.103. The van der Waals surface area contributed by atoms with Crippen LogP contribution in [0.4, 0.5) is 4.39 Å². The van der Waals surface area contributed by atoms with E-state index in [2.05, 4.69) is 10.6 Å². The zero-order valence-corrected chi connectivity index (χ0v) is 16.8. The lowest BCUT2D eigenvalue weighted by molar-refractivity contribution is -0.123. The SMILES string of the molecule is Cl.O=C(COc1ccccc1)NC[C@@H]1CNCCO[C@H]1c1ccc(Cl)c(F)c1. The smallest absolute Gasteiger partial charge is 0.257 e. The van der Waals surface area contributed by atoms with Gasteiger partial charge in [-0.3, -0.25) is 4.79 Å². The number of rotatable bonds is 6. The molecule has 2 atom stereocenters. The molecule has 1 aliphatic heterocycles. The molecule has 28 heavy (non-hydrogen) atoms. The van der Waals surface area contributed by atoms with Gasteiger partial charge in [-0.1, -0.05) is 35.9 Å². The Balaban J connectivity index is 0.00000280. The highest BCUT2D eigenvalue weighted by molar-refractivity contribution is 6.30. The van der Waals surface area contributed by atoms with Crippen LogP contribution in [0.15, 0.2) is 48.5 Å². The number of carbonyl (C=O) groups is 1. The molecule has 0 spiro atoms. The molecule has 1 fully saturated rings. The summed E-state index contributed by atoms with van der Waals surface area (Å²) in [6.07, 6.45) is -0.331. The molecule has 0 unspecified atom stereocenters. The lowest BCUT2D eigenvalue weighted by atomic mass is 9.95. The number of amides is 1. The molecule has 2 aromatic rings. The second-order valence-corrected chi connectivity index (χ2v) is 6.74. The molecule has 5 nitrogen and oxygen atoms in total. The maximum Gasteiger partial charge on any atom is 0.257 e. The van der Waals surface area contributed by atoms with E-state index in [4.69, 9.17) is 21.1 Å². The van der Waals surface area contributed by atoms with E-state index in [1.807, 2.05) is 18.2 Å². The number of halogens is 3. The van der Waals surface area contributed by atoms with E-state index in [9.17, 15) is 9.18 Å². The van der Waals surface area contributed by atoms with E-state index in [1.54, 1.807) is 18.2 Å². The molecule has 0 aliphatic carbocycles. The molecule has 2 aromatic carbocycles. The fraction of sp³-hybridized carbons (Fsp3) is 0.350. The maximum atomic E-state index is 13.8. The molecular formula is C20H23Cl2FN2O3. The highest BCUT2D eigenvalue weighted by atomic mass is 35.5. The van der Waals surface area contributed by atoms with Crippen LogP contribution in [0.2, 0.25) is 5.02 Å². The van der Waals surface area contributed by atoms with Crippen LogP contribution in [0.3, 0.4) is 0 Å². The number of hydrogen-bond acceptors (Lipinski definition) is 4. The first kappa shape index (κ1) is 22.4. The molecular weight excluding hydrogens is 406 g/mol. The van der Waals surface area contributed by atoms with Crippen molar-refractivity contribution in [3.8, 4) is 5.75 Å². The molecule has 1 amide bonds. The van der Waals surface area contributed by atoms with Gasteiger partial charge in [0.1, 0.15) is 11.6 Å². The van der Waals surface area contributed by atoms with Crippen LogP contribution >= 0.6 is 24.0 Å². The minimum Gasteiger partial charge on any atom is -0.484 e. The Hall–Kier alpha value is -1.86. The monoisotopic (exact) mass is 428 g/mol. The summed E-state index contributed by atoms with van der Waals surface area (Å²) >= 11 is 5.78. The second kappa shape index (κ2) is 11.2. The van der Waals surface area contributed by atoms with Crippen LogP contribution in [0.1, 0.15) is 11.7 Å². The molecule has 3 rings (SSSR count). The van der Waals surface area contributed by atoms with Gasteiger partial charge in [0, 0.05) is 25.6 Å². The second-order valence-electron chi connectivity index (χ2n) is 6.33. The summed E-state index contributed by atoms with van der Waals surface area (Å²) in [4.78, 5) is 12.1. The van der Waals surface area contributed by atoms with Gasteiger partial charge in [0.15, 0.2) is 6.61 Å². The van der Waals surface area contributed by atoms with Crippen molar-refractivity contribution in [3.63, 3.8) is 0 Å². The maximum absolute atomic E-state index is 13.8. The Morgan fingerprint density at radius 1 is 1.29 bits per heavy atom. The lowest BCUT2D eigenvalue weighted by Gasteiger charge is -2.25. The quantitative estimate of drug-likeness (QED) is 0.740. The van der Waals surface area contributed by atoms with Crippen LogP contribution in [-0.4, -0.2) is 38.8 Å². The Kier molecular flexibility index (Phi) is 8.99. The van der Waals surface area contributed by atoms with Gasteiger partial charge in [-0.15, -0.1) is 12.4 Å². The zero-order chi connectivity index (χ0) is 19.1. The third-order valence-electron chi connectivity index (χ3n) is 4.36. The summed E-state index contributed by atoms with van der Waals surface area (Å²) in [5, 5.41) is 6.23. The van der Waals surface area contributed by atoms with E-state index in [-0.39, 0.29) is 42.0 Å². The Morgan fingerprint density at radius 2 is 2.07 bits per heavy atom. The van der Waals surface area contributed by atoms with Crippen molar-refractivity contribution in [1.82, 2.24) is 10.6 Å². The molecule has 1 heterocycles. The Morgan fingerprint density at radius 3 is 2.82 bits per heavy atom. The standard InChI is InChI=1S/C20H22ClFN2O3.ClH/c21-17-7-6-14(10-18(17)22)20-15(11-23-8-9-26-20)12-24-19(25)13-27-16-4-2-1-3-5-16;/h1-7,10,15,20,23H,8-9,11-13H2,(H,24,25);1H/t15-,20-;/m0./s1. The number of carbonyl (C=O) groups excluding carboxylic acids is 1. The molecule has 0 radical (unpaired) electrons. The lowest BCUT2D eigenvalue weighted by Crippen LogP contribution is -2.38. The number of hydrogen-bond donors (Lipinski definition) is 2. The Bertz CT molecular complexity index is 764. The van der Waals surface area contributed by atoms with Gasteiger partial charge in [-0.25, -0.2) is 4.39 Å².